The predicted molar refractivity (Wildman–Crippen MR) is 127 cm³/mol. The fraction of sp³-hybridized carbons (Fsp3) is 0.423. The lowest BCUT2D eigenvalue weighted by molar-refractivity contribution is -0.138. The van der Waals surface area contributed by atoms with Gasteiger partial charge in [0.15, 0.2) is 0 Å². The highest BCUT2D eigenvalue weighted by atomic mass is 16.4. The zero-order chi connectivity index (χ0) is 23.5. The van der Waals surface area contributed by atoms with Crippen LogP contribution in [0.15, 0.2) is 48.5 Å². The van der Waals surface area contributed by atoms with Gasteiger partial charge in [-0.25, -0.2) is 0 Å². The summed E-state index contributed by atoms with van der Waals surface area (Å²) in [6.45, 7) is 7.15. The van der Waals surface area contributed by atoms with Crippen molar-refractivity contribution in [3.8, 4) is 0 Å². The predicted octanol–water partition coefficient (Wildman–Crippen LogP) is 4.72. The molecule has 6 heteroatoms. The average molecular weight is 439 g/mol. The number of hydrogen-bond acceptors (Lipinski definition) is 3. The van der Waals surface area contributed by atoms with Crippen molar-refractivity contribution in [1.29, 1.82) is 0 Å². The van der Waals surface area contributed by atoms with E-state index in [-0.39, 0.29) is 18.2 Å². The maximum Gasteiger partial charge on any atom is 0.303 e. The van der Waals surface area contributed by atoms with Crippen molar-refractivity contribution in [2.24, 2.45) is 0 Å². The first-order valence-corrected chi connectivity index (χ1v) is 11.2. The van der Waals surface area contributed by atoms with Gasteiger partial charge >= 0.3 is 5.97 Å². The second-order valence-corrected chi connectivity index (χ2v) is 8.04. The molecule has 2 aromatic rings. The first-order valence-electron chi connectivity index (χ1n) is 11.2. The fourth-order valence-corrected chi connectivity index (χ4v) is 3.85. The number of aryl methyl sites for hydroxylation is 2. The lowest BCUT2D eigenvalue weighted by Crippen LogP contribution is -2.35. The van der Waals surface area contributed by atoms with Crippen molar-refractivity contribution >= 4 is 23.5 Å². The Labute approximate surface area is 190 Å². The third-order valence-electron chi connectivity index (χ3n) is 5.47. The summed E-state index contributed by atoms with van der Waals surface area (Å²) in [5, 5.41) is 8.94. The highest BCUT2D eigenvalue weighted by Crippen LogP contribution is 2.26. The van der Waals surface area contributed by atoms with Crippen LogP contribution < -0.4 is 4.90 Å². The molecule has 0 aliphatic rings. The van der Waals surface area contributed by atoms with Crippen molar-refractivity contribution in [3.05, 3.63) is 65.2 Å². The van der Waals surface area contributed by atoms with E-state index in [0.29, 0.717) is 45.3 Å². The van der Waals surface area contributed by atoms with E-state index in [4.69, 9.17) is 5.11 Å². The Hall–Kier alpha value is -3.15. The largest absolute Gasteiger partial charge is 0.481 e. The Kier molecular flexibility index (Phi) is 9.92. The number of hydrogen-bond donors (Lipinski definition) is 1. The number of anilines is 1. The van der Waals surface area contributed by atoms with Crippen LogP contribution in [-0.2, 0) is 20.9 Å². The molecule has 0 spiro atoms. The number of carbonyl (C=O) groups excluding carboxylic acids is 2. The number of aliphatic carboxylic acids is 1. The summed E-state index contributed by atoms with van der Waals surface area (Å²) in [6.07, 6.45) is 1.69. The van der Waals surface area contributed by atoms with Crippen LogP contribution in [0.2, 0.25) is 0 Å². The van der Waals surface area contributed by atoms with Gasteiger partial charge in [0, 0.05) is 44.6 Å². The summed E-state index contributed by atoms with van der Waals surface area (Å²) in [7, 11) is 0. The van der Waals surface area contributed by atoms with Gasteiger partial charge in [0.1, 0.15) is 0 Å². The first kappa shape index (κ1) is 25.1. The average Bonchev–Trinajstić information content (AvgIpc) is 2.77. The second-order valence-electron chi connectivity index (χ2n) is 8.04. The van der Waals surface area contributed by atoms with E-state index in [9.17, 15) is 14.4 Å². The van der Waals surface area contributed by atoms with Crippen LogP contribution in [0.3, 0.4) is 0 Å². The van der Waals surface area contributed by atoms with Crippen molar-refractivity contribution < 1.29 is 19.5 Å². The van der Waals surface area contributed by atoms with Gasteiger partial charge in [-0.3, -0.25) is 14.4 Å². The molecule has 0 saturated heterocycles. The summed E-state index contributed by atoms with van der Waals surface area (Å²) >= 11 is 0. The van der Waals surface area contributed by atoms with Gasteiger partial charge in [-0.05, 0) is 43.4 Å². The number of carbonyl (C=O) groups is 3. The van der Waals surface area contributed by atoms with Crippen LogP contribution >= 0.6 is 0 Å². The highest BCUT2D eigenvalue weighted by molar-refractivity contribution is 5.94. The minimum Gasteiger partial charge on any atom is -0.481 e. The molecule has 6 nitrogen and oxygen atoms in total. The third-order valence-corrected chi connectivity index (χ3v) is 5.47. The molecule has 0 radical (unpaired) electrons. The van der Waals surface area contributed by atoms with E-state index in [2.05, 4.69) is 0 Å². The van der Waals surface area contributed by atoms with Crippen LogP contribution in [0.4, 0.5) is 5.69 Å². The van der Waals surface area contributed by atoms with Crippen LogP contribution in [0, 0.1) is 13.8 Å². The topological polar surface area (TPSA) is 77.9 Å². The number of carboxylic acids is 1. The summed E-state index contributed by atoms with van der Waals surface area (Å²) < 4.78 is 0. The van der Waals surface area contributed by atoms with Crippen molar-refractivity contribution in [3.63, 3.8) is 0 Å². The number of carboxylic acid groups (broad SMARTS) is 1. The smallest absolute Gasteiger partial charge is 0.303 e. The third kappa shape index (κ3) is 7.52. The van der Waals surface area contributed by atoms with E-state index in [1.165, 1.54) is 0 Å². The molecule has 2 aromatic carbocycles. The molecule has 0 saturated carbocycles. The molecule has 0 fully saturated rings. The second kappa shape index (κ2) is 12.6. The molecule has 2 amide bonds. The van der Waals surface area contributed by atoms with Gasteiger partial charge in [0.25, 0.3) is 0 Å². The number of rotatable bonds is 12. The maximum atomic E-state index is 13.0. The quantitative estimate of drug-likeness (QED) is 0.520. The van der Waals surface area contributed by atoms with Crippen LogP contribution in [0.5, 0.6) is 0 Å². The fourth-order valence-electron chi connectivity index (χ4n) is 3.85. The van der Waals surface area contributed by atoms with Gasteiger partial charge in [-0.15, -0.1) is 0 Å². The molecule has 1 N–H and O–H groups in total. The van der Waals surface area contributed by atoms with Gasteiger partial charge in [-0.2, -0.15) is 0 Å². The van der Waals surface area contributed by atoms with Gasteiger partial charge in [-0.1, -0.05) is 55.5 Å². The van der Waals surface area contributed by atoms with Gasteiger partial charge in [0.2, 0.25) is 11.8 Å². The molecule has 0 aromatic heterocycles. The molecule has 0 unspecified atom stereocenters. The minimum absolute atomic E-state index is 0.0235. The normalized spacial score (nSPS) is 10.6. The molecule has 172 valence electrons. The minimum atomic E-state index is -0.862. The Morgan fingerprint density at radius 1 is 0.812 bits per heavy atom. The van der Waals surface area contributed by atoms with Crippen molar-refractivity contribution in [2.45, 2.75) is 59.4 Å². The maximum absolute atomic E-state index is 13.0. The summed E-state index contributed by atoms with van der Waals surface area (Å²) in [5.74, 6) is -0.846. The van der Waals surface area contributed by atoms with E-state index in [0.717, 1.165) is 22.4 Å². The lowest BCUT2D eigenvalue weighted by atomic mass is 10.1. The van der Waals surface area contributed by atoms with Gasteiger partial charge < -0.3 is 14.9 Å². The highest BCUT2D eigenvalue weighted by Gasteiger charge is 2.20. The molecular formula is C26H34N2O4. The number of amides is 2. The number of nitrogens with zero attached hydrogens (tertiary/aromatic N) is 2. The van der Waals surface area contributed by atoms with Crippen LogP contribution in [0.25, 0.3) is 0 Å². The number of para-hydroxylation sites is 1. The van der Waals surface area contributed by atoms with E-state index in [1.807, 2.05) is 69.3 Å². The zero-order valence-corrected chi connectivity index (χ0v) is 19.3. The van der Waals surface area contributed by atoms with E-state index in [1.54, 1.807) is 9.80 Å². The van der Waals surface area contributed by atoms with Gasteiger partial charge in [0.05, 0.1) is 0 Å². The molecular weight excluding hydrogens is 404 g/mol. The zero-order valence-electron chi connectivity index (χ0n) is 19.3. The van der Waals surface area contributed by atoms with Crippen molar-refractivity contribution in [2.75, 3.05) is 18.0 Å². The Morgan fingerprint density at radius 3 is 2.03 bits per heavy atom. The SMILES string of the molecule is CCC(=O)N(CCCC(=O)N(CCCC(=O)O)Cc1ccccc1)c1c(C)cccc1C. The molecule has 2 rings (SSSR count). The van der Waals surface area contributed by atoms with Crippen LogP contribution in [-0.4, -0.2) is 40.9 Å². The molecule has 0 atom stereocenters. The molecule has 0 aliphatic heterocycles. The monoisotopic (exact) mass is 438 g/mol. The Morgan fingerprint density at radius 2 is 1.44 bits per heavy atom. The summed E-state index contributed by atoms with van der Waals surface area (Å²) in [6, 6.07) is 15.7. The molecule has 0 bridgehead atoms. The standard InChI is InChI=1S/C26H34N2O4/c1-4-23(29)28(26-20(2)11-8-12-21(26)3)18-9-15-24(30)27(17-10-16-25(31)32)19-22-13-6-5-7-14-22/h5-8,11-14H,4,9-10,15-19H2,1-3H3,(H,31,32). The van der Waals surface area contributed by atoms with Crippen molar-refractivity contribution in [1.82, 2.24) is 4.90 Å². The van der Waals surface area contributed by atoms with E-state index >= 15 is 0 Å². The molecule has 0 heterocycles. The summed E-state index contributed by atoms with van der Waals surface area (Å²) in [5.41, 5.74) is 4.01. The molecule has 32 heavy (non-hydrogen) atoms. The summed E-state index contributed by atoms with van der Waals surface area (Å²) in [4.78, 5) is 40.1. The van der Waals surface area contributed by atoms with E-state index < -0.39 is 5.97 Å². The number of benzene rings is 2. The Balaban J connectivity index is 2.05. The lowest BCUT2D eigenvalue weighted by Gasteiger charge is -2.27. The Bertz CT molecular complexity index is 891. The van der Waals surface area contributed by atoms with Crippen LogP contribution in [0.1, 0.15) is 55.7 Å². The molecule has 0 aliphatic carbocycles. The first-order chi connectivity index (χ1) is 15.3.